The molecule has 0 aliphatic rings. The molecule has 18 heavy (non-hydrogen) atoms. The van der Waals surface area contributed by atoms with Gasteiger partial charge in [-0.25, -0.2) is 9.59 Å². The van der Waals surface area contributed by atoms with Gasteiger partial charge >= 0.3 is 63.3 Å². The van der Waals surface area contributed by atoms with E-state index in [4.69, 9.17) is 14.9 Å². The molecule has 2 N–H and O–H groups in total. The third-order valence-corrected chi connectivity index (χ3v) is 2.17. The average molecular weight is 278 g/mol. The summed E-state index contributed by atoms with van der Waals surface area (Å²) in [5.41, 5.74) is -0.173. The van der Waals surface area contributed by atoms with Crippen molar-refractivity contribution in [3.8, 4) is 5.75 Å². The summed E-state index contributed by atoms with van der Waals surface area (Å²) in [6.45, 7) is 2.44. The van der Waals surface area contributed by atoms with Crippen LogP contribution in [-0.2, 0) is 0 Å². The van der Waals surface area contributed by atoms with Crippen molar-refractivity contribution in [1.82, 2.24) is 0 Å². The number of unbranched alkanes of at least 4 members (excludes halogenated alkanes) is 1. The first-order valence-electron chi connectivity index (χ1n) is 5.29. The van der Waals surface area contributed by atoms with Gasteiger partial charge in [0.15, 0.2) is 0 Å². The second kappa shape index (κ2) is 8.66. The van der Waals surface area contributed by atoms with Crippen LogP contribution < -0.4 is 4.74 Å². The number of rotatable bonds is 6. The predicted octanol–water partition coefficient (Wildman–Crippen LogP) is 1.61. The van der Waals surface area contributed by atoms with Gasteiger partial charge in [0.05, 0.1) is 17.7 Å². The molecule has 0 heterocycles. The van der Waals surface area contributed by atoms with Crippen molar-refractivity contribution in [2.24, 2.45) is 0 Å². The molecular formula is C12H15KO5. The normalized spacial score (nSPS) is 9.39. The number of benzene rings is 1. The molecule has 0 atom stereocenters. The molecule has 0 spiro atoms. The van der Waals surface area contributed by atoms with Crippen LogP contribution in [0.4, 0.5) is 0 Å². The fourth-order valence-electron chi connectivity index (χ4n) is 1.26. The van der Waals surface area contributed by atoms with Crippen LogP contribution in [0.15, 0.2) is 18.2 Å². The maximum atomic E-state index is 10.8. The van der Waals surface area contributed by atoms with E-state index in [1.807, 2.05) is 6.92 Å². The molecule has 0 aliphatic carbocycles. The van der Waals surface area contributed by atoms with Crippen molar-refractivity contribution in [2.45, 2.75) is 19.8 Å². The summed E-state index contributed by atoms with van der Waals surface area (Å²) < 4.78 is 5.30. The minimum absolute atomic E-state index is 0. The minimum atomic E-state index is -1.17. The number of hydrogen-bond acceptors (Lipinski definition) is 3. The Labute approximate surface area is 148 Å². The van der Waals surface area contributed by atoms with E-state index in [0.717, 1.165) is 18.9 Å². The maximum absolute atomic E-state index is 10.8. The van der Waals surface area contributed by atoms with Crippen molar-refractivity contribution in [3.05, 3.63) is 29.3 Å². The first kappa shape index (κ1) is 17.6. The monoisotopic (exact) mass is 278 g/mol. The third kappa shape index (κ3) is 5.49. The fourth-order valence-corrected chi connectivity index (χ4v) is 1.26. The predicted molar refractivity (Wildman–Crippen MR) is 67.9 cm³/mol. The van der Waals surface area contributed by atoms with Gasteiger partial charge in [-0.15, -0.1) is 0 Å². The van der Waals surface area contributed by atoms with Crippen LogP contribution in [0.1, 0.15) is 40.5 Å². The van der Waals surface area contributed by atoms with E-state index in [1.54, 1.807) is 0 Å². The Balaban J connectivity index is 0.00000289. The summed E-state index contributed by atoms with van der Waals surface area (Å²) in [7, 11) is 0. The molecule has 0 aromatic heterocycles. The van der Waals surface area contributed by atoms with Crippen LogP contribution in [0.2, 0.25) is 0 Å². The van der Waals surface area contributed by atoms with Gasteiger partial charge in [-0.2, -0.15) is 0 Å². The molecule has 0 bridgehead atoms. The molecule has 94 valence electrons. The topological polar surface area (TPSA) is 83.8 Å². The molecule has 5 nitrogen and oxygen atoms in total. The molecule has 0 radical (unpaired) electrons. The first-order chi connectivity index (χ1) is 8.04. The second-order valence-corrected chi connectivity index (χ2v) is 3.56. The second-order valence-electron chi connectivity index (χ2n) is 3.56. The Bertz CT molecular complexity index is 398. The standard InChI is InChI=1S/C12H14O5.K.H/c1-2-3-4-17-10-6-8(11(13)14)5-9(7-10)12(15)16;;/h5-7H,2-4H2,1H3,(H,13,14)(H,15,16);;. The van der Waals surface area contributed by atoms with E-state index in [-0.39, 0.29) is 68.3 Å². The van der Waals surface area contributed by atoms with Crippen molar-refractivity contribution in [3.63, 3.8) is 0 Å². The Kier molecular flexibility index (Phi) is 8.46. The average Bonchev–Trinajstić information content (AvgIpc) is 2.29. The third-order valence-electron chi connectivity index (χ3n) is 2.17. The Hall–Kier alpha value is -0.404. The van der Waals surface area contributed by atoms with E-state index in [2.05, 4.69) is 0 Å². The molecule has 1 aromatic carbocycles. The van der Waals surface area contributed by atoms with Crippen LogP contribution >= 0.6 is 0 Å². The zero-order valence-corrected chi connectivity index (χ0v) is 9.47. The number of carboxylic acids is 2. The van der Waals surface area contributed by atoms with Crippen molar-refractivity contribution in [2.75, 3.05) is 6.61 Å². The molecule has 1 rings (SSSR count). The quantitative estimate of drug-likeness (QED) is 0.610. The number of ether oxygens (including phenoxy) is 1. The van der Waals surface area contributed by atoms with E-state index < -0.39 is 11.9 Å². The number of aromatic carboxylic acids is 2. The zero-order chi connectivity index (χ0) is 12.8. The van der Waals surface area contributed by atoms with E-state index in [0.29, 0.717) is 6.61 Å². The summed E-state index contributed by atoms with van der Waals surface area (Å²) >= 11 is 0. The molecule has 0 saturated carbocycles. The van der Waals surface area contributed by atoms with Gasteiger partial charge < -0.3 is 14.9 Å². The number of carbonyl (C=O) groups is 2. The van der Waals surface area contributed by atoms with Gasteiger partial charge in [0, 0.05) is 0 Å². The van der Waals surface area contributed by atoms with Gasteiger partial charge in [0.25, 0.3) is 0 Å². The zero-order valence-electron chi connectivity index (χ0n) is 9.47. The Morgan fingerprint density at radius 3 is 2.00 bits per heavy atom. The summed E-state index contributed by atoms with van der Waals surface area (Å²) in [4.78, 5) is 21.6. The molecule has 0 saturated heterocycles. The van der Waals surface area contributed by atoms with Crippen molar-refractivity contribution >= 4 is 63.3 Å². The fraction of sp³-hybridized carbons (Fsp3) is 0.333. The van der Waals surface area contributed by atoms with Crippen molar-refractivity contribution in [1.29, 1.82) is 0 Å². The molecule has 6 heteroatoms. The SMILES string of the molecule is CCCCOc1cc(C(=O)O)cc(C(=O)O)c1.[KH]. The van der Waals surface area contributed by atoms with Gasteiger partial charge in [0.1, 0.15) is 5.75 Å². The van der Waals surface area contributed by atoms with Crippen LogP contribution in [0.5, 0.6) is 5.75 Å². The summed E-state index contributed by atoms with van der Waals surface area (Å²) in [6.07, 6.45) is 1.78. The van der Waals surface area contributed by atoms with Gasteiger partial charge in [0.2, 0.25) is 0 Å². The molecule has 0 amide bonds. The van der Waals surface area contributed by atoms with E-state index >= 15 is 0 Å². The Morgan fingerprint density at radius 2 is 1.61 bits per heavy atom. The van der Waals surface area contributed by atoms with Crippen LogP contribution in [0, 0.1) is 0 Å². The summed E-state index contributed by atoms with van der Waals surface area (Å²) in [5, 5.41) is 17.7. The van der Waals surface area contributed by atoms with E-state index in [1.165, 1.54) is 12.1 Å². The Morgan fingerprint density at radius 1 is 1.11 bits per heavy atom. The molecule has 0 aliphatic heterocycles. The molecular weight excluding hydrogens is 263 g/mol. The van der Waals surface area contributed by atoms with Crippen molar-refractivity contribution < 1.29 is 24.5 Å². The molecule has 1 aromatic rings. The van der Waals surface area contributed by atoms with Gasteiger partial charge in [-0.3, -0.25) is 0 Å². The van der Waals surface area contributed by atoms with E-state index in [9.17, 15) is 9.59 Å². The van der Waals surface area contributed by atoms with Crippen LogP contribution in [-0.4, -0.2) is 80.1 Å². The summed E-state index contributed by atoms with van der Waals surface area (Å²) in [5.74, 6) is -2.07. The molecule has 0 fully saturated rings. The van der Waals surface area contributed by atoms with Crippen LogP contribution in [0.25, 0.3) is 0 Å². The number of hydrogen-bond donors (Lipinski definition) is 2. The summed E-state index contributed by atoms with van der Waals surface area (Å²) in [6, 6.07) is 3.76. The van der Waals surface area contributed by atoms with Gasteiger partial charge in [-0.05, 0) is 24.6 Å². The molecule has 0 unspecified atom stereocenters. The first-order valence-corrected chi connectivity index (χ1v) is 5.29. The number of carboxylic acid groups (broad SMARTS) is 2. The van der Waals surface area contributed by atoms with Crippen LogP contribution in [0.3, 0.4) is 0 Å². The van der Waals surface area contributed by atoms with Gasteiger partial charge in [-0.1, -0.05) is 13.3 Å².